The highest BCUT2D eigenvalue weighted by atomic mass is 16.5. The first-order valence-electron chi connectivity index (χ1n) is 6.14. The van der Waals surface area contributed by atoms with E-state index in [4.69, 9.17) is 9.84 Å². The van der Waals surface area contributed by atoms with Crippen molar-refractivity contribution in [2.75, 3.05) is 19.8 Å². The van der Waals surface area contributed by atoms with E-state index in [1.165, 1.54) is 0 Å². The number of rotatable bonds is 4. The number of carboxylic acids is 1. The second-order valence-corrected chi connectivity index (χ2v) is 5.63. The molecule has 0 radical (unpaired) electrons. The lowest BCUT2D eigenvalue weighted by Gasteiger charge is -2.29. The molecular formula is C12H22N2O4. The number of nitrogens with one attached hydrogen (secondary N) is 2. The molecule has 3 N–H and O–H groups in total. The Balaban J connectivity index is 2.48. The van der Waals surface area contributed by atoms with Crippen LogP contribution in [0, 0.1) is 5.41 Å². The zero-order valence-electron chi connectivity index (χ0n) is 11.2. The number of carboxylic acid groups (broad SMARTS) is 1. The number of carbonyl (C=O) groups excluding carboxylic acids is 1. The highest BCUT2D eigenvalue weighted by Crippen LogP contribution is 2.19. The molecule has 6 heteroatoms. The molecule has 0 aromatic carbocycles. The summed E-state index contributed by atoms with van der Waals surface area (Å²) in [6.45, 7) is 7.22. The minimum atomic E-state index is -1.01. The van der Waals surface area contributed by atoms with Crippen molar-refractivity contribution in [3.8, 4) is 0 Å². The van der Waals surface area contributed by atoms with Crippen LogP contribution in [0.5, 0.6) is 0 Å². The lowest BCUT2D eigenvalue weighted by atomic mass is 9.86. The predicted octanol–water partition coefficient (Wildman–Crippen LogP) is -0.0196. The molecule has 18 heavy (non-hydrogen) atoms. The van der Waals surface area contributed by atoms with Gasteiger partial charge in [-0.25, -0.2) is 4.79 Å². The van der Waals surface area contributed by atoms with Crippen molar-refractivity contribution < 1.29 is 19.4 Å². The van der Waals surface area contributed by atoms with Crippen LogP contribution in [0.1, 0.15) is 27.2 Å². The zero-order chi connectivity index (χ0) is 13.8. The molecule has 1 aliphatic rings. The largest absolute Gasteiger partial charge is 0.480 e. The van der Waals surface area contributed by atoms with E-state index in [1.54, 1.807) is 20.8 Å². The number of morpholine rings is 1. The van der Waals surface area contributed by atoms with Gasteiger partial charge in [0.1, 0.15) is 6.04 Å². The molecule has 1 amide bonds. The molecule has 104 valence electrons. The standard InChI is InChI=1S/C12H22N2O4/c1-12(2,3)10(11(16)17)14-9(15)6-8-7-18-5-4-13-8/h8,10,13H,4-7H2,1-3H3,(H,14,15)(H,16,17)/t8?,10-/m1/s1. The minimum absolute atomic E-state index is 0.0341. The molecule has 0 spiro atoms. The summed E-state index contributed by atoms with van der Waals surface area (Å²) < 4.78 is 5.24. The topological polar surface area (TPSA) is 87.7 Å². The van der Waals surface area contributed by atoms with Crippen LogP contribution in [0.25, 0.3) is 0 Å². The van der Waals surface area contributed by atoms with Gasteiger partial charge >= 0.3 is 5.97 Å². The third-order valence-electron chi connectivity index (χ3n) is 2.85. The lowest BCUT2D eigenvalue weighted by molar-refractivity contribution is -0.145. The highest BCUT2D eigenvalue weighted by Gasteiger charge is 2.33. The summed E-state index contributed by atoms with van der Waals surface area (Å²) in [5.41, 5.74) is -0.516. The fourth-order valence-corrected chi connectivity index (χ4v) is 1.84. The second-order valence-electron chi connectivity index (χ2n) is 5.63. The summed E-state index contributed by atoms with van der Waals surface area (Å²) >= 11 is 0. The van der Waals surface area contributed by atoms with Gasteiger partial charge in [0.2, 0.25) is 5.91 Å². The van der Waals surface area contributed by atoms with Gasteiger partial charge in [-0.1, -0.05) is 20.8 Å². The summed E-state index contributed by atoms with van der Waals surface area (Å²) in [5.74, 6) is -1.27. The van der Waals surface area contributed by atoms with Gasteiger partial charge in [-0.3, -0.25) is 4.79 Å². The Hall–Kier alpha value is -1.14. The van der Waals surface area contributed by atoms with Crippen molar-refractivity contribution >= 4 is 11.9 Å². The van der Waals surface area contributed by atoms with Crippen molar-refractivity contribution in [3.05, 3.63) is 0 Å². The Labute approximate surface area is 107 Å². The molecule has 1 saturated heterocycles. The van der Waals surface area contributed by atoms with E-state index in [-0.39, 0.29) is 18.4 Å². The monoisotopic (exact) mass is 258 g/mol. The maximum Gasteiger partial charge on any atom is 0.326 e. The van der Waals surface area contributed by atoms with E-state index in [2.05, 4.69) is 10.6 Å². The first kappa shape index (κ1) is 14.9. The smallest absolute Gasteiger partial charge is 0.326 e. The summed E-state index contributed by atoms with van der Waals surface area (Å²) in [4.78, 5) is 22.9. The van der Waals surface area contributed by atoms with E-state index < -0.39 is 17.4 Å². The predicted molar refractivity (Wildman–Crippen MR) is 66.2 cm³/mol. The summed E-state index contributed by atoms with van der Waals surface area (Å²) in [7, 11) is 0. The summed E-state index contributed by atoms with van der Waals surface area (Å²) in [6.07, 6.45) is 0.236. The Bertz CT molecular complexity index is 306. The third kappa shape index (κ3) is 4.62. The van der Waals surface area contributed by atoms with Crippen molar-refractivity contribution in [1.29, 1.82) is 0 Å². The molecule has 0 bridgehead atoms. The molecule has 0 aliphatic carbocycles. The average Bonchev–Trinajstić information content (AvgIpc) is 2.25. The molecular weight excluding hydrogens is 236 g/mol. The molecule has 1 fully saturated rings. The normalized spacial score (nSPS) is 22.3. The van der Waals surface area contributed by atoms with E-state index in [1.807, 2.05) is 0 Å². The Kier molecular flexibility index (Phi) is 5.10. The quantitative estimate of drug-likeness (QED) is 0.659. The zero-order valence-corrected chi connectivity index (χ0v) is 11.2. The van der Waals surface area contributed by atoms with Crippen molar-refractivity contribution in [2.24, 2.45) is 5.41 Å². The van der Waals surface area contributed by atoms with Crippen LogP contribution in [0.4, 0.5) is 0 Å². The molecule has 6 nitrogen and oxygen atoms in total. The fraction of sp³-hybridized carbons (Fsp3) is 0.833. The molecule has 1 unspecified atom stereocenters. The fourth-order valence-electron chi connectivity index (χ4n) is 1.84. The number of hydrogen-bond acceptors (Lipinski definition) is 4. The lowest BCUT2D eigenvalue weighted by Crippen LogP contribution is -2.51. The third-order valence-corrected chi connectivity index (χ3v) is 2.85. The maximum atomic E-state index is 11.8. The Morgan fingerprint density at radius 2 is 2.17 bits per heavy atom. The maximum absolute atomic E-state index is 11.8. The van der Waals surface area contributed by atoms with Gasteiger partial charge in [0, 0.05) is 19.0 Å². The van der Waals surface area contributed by atoms with Gasteiger partial charge in [-0.2, -0.15) is 0 Å². The number of hydrogen-bond donors (Lipinski definition) is 3. The number of carbonyl (C=O) groups is 2. The molecule has 1 rings (SSSR count). The van der Waals surface area contributed by atoms with Gasteiger partial charge in [0.05, 0.1) is 13.2 Å². The Morgan fingerprint density at radius 3 is 2.61 bits per heavy atom. The van der Waals surface area contributed by atoms with Crippen LogP contribution >= 0.6 is 0 Å². The van der Waals surface area contributed by atoms with Gasteiger partial charge in [0.25, 0.3) is 0 Å². The van der Waals surface area contributed by atoms with Crippen LogP contribution < -0.4 is 10.6 Å². The van der Waals surface area contributed by atoms with Crippen molar-refractivity contribution in [1.82, 2.24) is 10.6 Å². The second kappa shape index (κ2) is 6.15. The number of aliphatic carboxylic acids is 1. The number of ether oxygens (including phenoxy) is 1. The van der Waals surface area contributed by atoms with E-state index in [9.17, 15) is 9.59 Å². The van der Waals surface area contributed by atoms with E-state index in [0.717, 1.165) is 6.54 Å². The van der Waals surface area contributed by atoms with E-state index >= 15 is 0 Å². The first-order chi connectivity index (χ1) is 8.30. The molecule has 0 aromatic rings. The van der Waals surface area contributed by atoms with Crippen LogP contribution in [0.15, 0.2) is 0 Å². The van der Waals surface area contributed by atoms with Crippen molar-refractivity contribution in [3.63, 3.8) is 0 Å². The highest BCUT2D eigenvalue weighted by molar-refractivity contribution is 5.84. The average molecular weight is 258 g/mol. The van der Waals surface area contributed by atoms with Crippen LogP contribution in [0.3, 0.4) is 0 Å². The molecule has 1 aliphatic heterocycles. The summed E-state index contributed by atoms with van der Waals surface area (Å²) in [5, 5.41) is 14.8. The van der Waals surface area contributed by atoms with Gasteiger partial charge in [-0.15, -0.1) is 0 Å². The van der Waals surface area contributed by atoms with Crippen molar-refractivity contribution in [2.45, 2.75) is 39.3 Å². The molecule has 0 aromatic heterocycles. The molecule has 1 heterocycles. The number of amides is 1. The Morgan fingerprint density at radius 1 is 1.50 bits per heavy atom. The first-order valence-corrected chi connectivity index (χ1v) is 6.14. The minimum Gasteiger partial charge on any atom is -0.480 e. The van der Waals surface area contributed by atoms with Gasteiger partial charge in [0.15, 0.2) is 0 Å². The summed E-state index contributed by atoms with van der Waals surface area (Å²) in [6, 6.07) is -0.914. The van der Waals surface area contributed by atoms with Gasteiger partial charge < -0.3 is 20.5 Å². The molecule has 0 saturated carbocycles. The van der Waals surface area contributed by atoms with Crippen LogP contribution in [0.2, 0.25) is 0 Å². The van der Waals surface area contributed by atoms with Crippen LogP contribution in [-0.2, 0) is 14.3 Å². The van der Waals surface area contributed by atoms with E-state index in [0.29, 0.717) is 13.2 Å². The SMILES string of the molecule is CC(C)(C)[C@H](NC(=O)CC1COCCN1)C(=O)O. The molecule has 2 atom stereocenters. The van der Waals surface area contributed by atoms with Crippen LogP contribution in [-0.4, -0.2) is 48.8 Å². The van der Waals surface area contributed by atoms with Gasteiger partial charge in [-0.05, 0) is 5.41 Å².